The summed E-state index contributed by atoms with van der Waals surface area (Å²) in [7, 11) is 0. The van der Waals surface area contributed by atoms with Crippen molar-refractivity contribution in [1.29, 1.82) is 0 Å². The lowest BCUT2D eigenvalue weighted by molar-refractivity contribution is 0.592. The van der Waals surface area contributed by atoms with Gasteiger partial charge in [-0.2, -0.15) is 0 Å². The topological polar surface area (TPSA) is 6.48 Å². The lowest BCUT2D eigenvalue weighted by Crippen LogP contribution is -2.61. The zero-order valence-electron chi connectivity index (χ0n) is 41.5. The van der Waals surface area contributed by atoms with E-state index in [2.05, 4.69) is 288 Å². The molecule has 3 heteroatoms. The summed E-state index contributed by atoms with van der Waals surface area (Å²) >= 11 is 0. The van der Waals surface area contributed by atoms with Gasteiger partial charge in [0.05, 0.1) is 0 Å². The van der Waals surface area contributed by atoms with Crippen molar-refractivity contribution in [2.75, 3.05) is 9.80 Å². The van der Waals surface area contributed by atoms with Gasteiger partial charge in [-0.15, -0.1) is 0 Å². The lowest BCUT2D eigenvalue weighted by atomic mass is 9.33. The second kappa shape index (κ2) is 17.4. The van der Waals surface area contributed by atoms with Crippen molar-refractivity contribution in [2.24, 2.45) is 0 Å². The Labute approximate surface area is 420 Å². The Morgan fingerprint density at radius 2 is 0.577 bits per heavy atom. The van der Waals surface area contributed by atoms with Crippen LogP contribution in [0.1, 0.15) is 52.7 Å². The summed E-state index contributed by atoms with van der Waals surface area (Å²) in [5, 5.41) is 0. The van der Waals surface area contributed by atoms with Crippen molar-refractivity contribution in [3.63, 3.8) is 0 Å². The number of nitrogens with zero attached hydrogens (tertiary/aromatic N) is 2. The first-order valence-corrected chi connectivity index (χ1v) is 25.1. The number of benzene rings is 10. The van der Waals surface area contributed by atoms with Crippen molar-refractivity contribution in [3.05, 3.63) is 248 Å². The maximum Gasteiger partial charge on any atom is 0.252 e. The third kappa shape index (κ3) is 7.87. The van der Waals surface area contributed by atoms with Gasteiger partial charge in [-0.1, -0.05) is 230 Å². The first-order chi connectivity index (χ1) is 34.5. The molecule has 0 unspecified atom stereocenters. The molecule has 2 nitrogen and oxygen atoms in total. The molecule has 0 bridgehead atoms. The van der Waals surface area contributed by atoms with Crippen LogP contribution in [0.25, 0.3) is 55.6 Å². The van der Waals surface area contributed by atoms with Crippen LogP contribution in [0.3, 0.4) is 0 Å². The standard InChI is InChI=1S/C68H57BN2/c1-67(2,3)58-44-62-60(42-56(58)51-28-18-10-19-29-51)69-61-43-57(52-30-20-11-21-31-52)59(68(4,5)6)45-63(61)71(55-38-34-50(35-39-55)47-24-14-8-15-25-47)65-41-53(48-26-16-9-17-27-48)40-64(66(65)69)70(62)54-36-32-49(33-37-54)46-22-12-7-13-23-46/h7-45H,1-6H3. The molecular formula is C68H57BN2. The van der Waals surface area contributed by atoms with Gasteiger partial charge in [0, 0.05) is 34.1 Å². The highest BCUT2D eigenvalue weighted by Crippen LogP contribution is 2.50. The van der Waals surface area contributed by atoms with E-state index < -0.39 is 0 Å². The van der Waals surface area contributed by atoms with Crippen LogP contribution in [0.4, 0.5) is 34.1 Å². The van der Waals surface area contributed by atoms with Gasteiger partial charge in [-0.3, -0.25) is 0 Å². The molecule has 71 heavy (non-hydrogen) atoms. The largest absolute Gasteiger partial charge is 0.311 e. The van der Waals surface area contributed by atoms with Crippen LogP contribution in [0.2, 0.25) is 0 Å². The Balaban J connectivity index is 1.22. The van der Waals surface area contributed by atoms with E-state index in [0.29, 0.717) is 0 Å². The Hall–Kier alpha value is -8.14. The zero-order valence-corrected chi connectivity index (χ0v) is 41.5. The third-order valence-corrected chi connectivity index (χ3v) is 14.7. The summed E-state index contributed by atoms with van der Waals surface area (Å²) in [6.07, 6.45) is 0. The number of rotatable bonds is 7. The molecule has 10 aromatic rings. The second-order valence-corrected chi connectivity index (χ2v) is 21.4. The highest BCUT2D eigenvalue weighted by Gasteiger charge is 2.45. The molecule has 342 valence electrons. The molecule has 0 saturated heterocycles. The Morgan fingerprint density at radius 1 is 0.282 bits per heavy atom. The lowest BCUT2D eigenvalue weighted by Gasteiger charge is -2.46. The molecule has 12 rings (SSSR count). The predicted molar refractivity (Wildman–Crippen MR) is 305 cm³/mol. The quantitative estimate of drug-likeness (QED) is 0.147. The van der Waals surface area contributed by atoms with Gasteiger partial charge in [-0.25, -0.2) is 0 Å². The van der Waals surface area contributed by atoms with Gasteiger partial charge in [0.2, 0.25) is 0 Å². The minimum Gasteiger partial charge on any atom is -0.311 e. The maximum atomic E-state index is 2.58. The molecule has 10 aromatic carbocycles. The molecular weight excluding hydrogens is 856 g/mol. The van der Waals surface area contributed by atoms with E-state index in [0.717, 1.165) is 11.4 Å². The summed E-state index contributed by atoms with van der Waals surface area (Å²) in [5.74, 6) is 0. The second-order valence-electron chi connectivity index (χ2n) is 21.4. The SMILES string of the molecule is CC(C)(C)c1cc2c(cc1-c1ccccc1)B1c3cc(-c4ccccc4)c(C(C)(C)C)cc3N(c3ccc(-c4ccccc4)cc3)c3cc(-c4ccccc4)cc(c31)N2c1ccc(-c2ccccc2)cc1. The number of hydrogen-bond donors (Lipinski definition) is 0. The fourth-order valence-electron chi connectivity index (χ4n) is 11.3. The van der Waals surface area contributed by atoms with E-state index in [-0.39, 0.29) is 17.5 Å². The van der Waals surface area contributed by atoms with Gasteiger partial charge >= 0.3 is 0 Å². The Morgan fingerprint density at radius 3 is 0.901 bits per heavy atom. The summed E-state index contributed by atoms with van der Waals surface area (Å²) < 4.78 is 0. The van der Waals surface area contributed by atoms with Gasteiger partial charge in [0.25, 0.3) is 6.71 Å². The predicted octanol–water partition coefficient (Wildman–Crippen LogP) is 16.7. The molecule has 0 saturated carbocycles. The smallest absolute Gasteiger partial charge is 0.252 e. The molecule has 0 aliphatic carbocycles. The van der Waals surface area contributed by atoms with Crippen molar-refractivity contribution in [2.45, 2.75) is 52.4 Å². The van der Waals surface area contributed by atoms with Crippen LogP contribution in [0.5, 0.6) is 0 Å². The van der Waals surface area contributed by atoms with E-state index in [4.69, 9.17) is 0 Å². The molecule has 0 aromatic heterocycles. The zero-order chi connectivity index (χ0) is 48.4. The van der Waals surface area contributed by atoms with Crippen LogP contribution >= 0.6 is 0 Å². The van der Waals surface area contributed by atoms with Crippen molar-refractivity contribution in [1.82, 2.24) is 0 Å². The van der Waals surface area contributed by atoms with E-state index in [9.17, 15) is 0 Å². The molecule has 2 aliphatic heterocycles. The van der Waals surface area contributed by atoms with Crippen molar-refractivity contribution < 1.29 is 0 Å². The average Bonchev–Trinajstić information content (AvgIpc) is 3.41. The molecule has 0 amide bonds. The van der Waals surface area contributed by atoms with E-state index in [1.165, 1.54) is 106 Å². The Bertz CT molecular complexity index is 3340. The van der Waals surface area contributed by atoms with Gasteiger partial charge in [0.1, 0.15) is 0 Å². The maximum absolute atomic E-state index is 2.58. The van der Waals surface area contributed by atoms with E-state index >= 15 is 0 Å². The number of anilines is 6. The van der Waals surface area contributed by atoms with Gasteiger partial charge in [0.15, 0.2) is 0 Å². The average molecular weight is 913 g/mol. The summed E-state index contributed by atoms with van der Waals surface area (Å²) in [5.41, 5.74) is 25.5. The van der Waals surface area contributed by atoms with Crippen molar-refractivity contribution >= 4 is 57.2 Å². The van der Waals surface area contributed by atoms with Crippen LogP contribution in [-0.2, 0) is 10.8 Å². The van der Waals surface area contributed by atoms with E-state index in [1.54, 1.807) is 0 Å². The number of hydrogen-bond acceptors (Lipinski definition) is 2. The van der Waals surface area contributed by atoms with Crippen LogP contribution in [-0.4, -0.2) is 6.71 Å². The molecule has 0 N–H and O–H groups in total. The third-order valence-electron chi connectivity index (χ3n) is 14.7. The van der Waals surface area contributed by atoms with Crippen LogP contribution < -0.4 is 26.2 Å². The Kier molecular flexibility index (Phi) is 10.8. The van der Waals surface area contributed by atoms with Crippen LogP contribution in [0.15, 0.2) is 237 Å². The monoisotopic (exact) mass is 912 g/mol. The molecule has 2 heterocycles. The minimum atomic E-state index is -0.157. The molecule has 0 spiro atoms. The summed E-state index contributed by atoms with van der Waals surface area (Å²) in [6, 6.07) is 88.1. The summed E-state index contributed by atoms with van der Waals surface area (Å²) in [4.78, 5) is 5.17. The van der Waals surface area contributed by atoms with Gasteiger partial charge < -0.3 is 9.80 Å². The van der Waals surface area contributed by atoms with Crippen molar-refractivity contribution in [3.8, 4) is 55.6 Å². The first kappa shape index (κ1) is 44.1. The first-order valence-electron chi connectivity index (χ1n) is 25.1. The fourth-order valence-corrected chi connectivity index (χ4v) is 11.3. The normalized spacial score (nSPS) is 12.8. The molecule has 0 fully saturated rings. The highest BCUT2D eigenvalue weighted by molar-refractivity contribution is 7.00. The number of fused-ring (bicyclic) bond motifs is 4. The highest BCUT2D eigenvalue weighted by atomic mass is 15.2. The molecule has 0 atom stereocenters. The molecule has 0 radical (unpaired) electrons. The van der Waals surface area contributed by atoms with Crippen LogP contribution in [0, 0.1) is 0 Å². The van der Waals surface area contributed by atoms with E-state index in [1.807, 2.05) is 0 Å². The summed E-state index contributed by atoms with van der Waals surface area (Å²) in [6.45, 7) is 14.1. The van der Waals surface area contributed by atoms with Gasteiger partial charge in [-0.05, 0) is 143 Å². The molecule has 2 aliphatic rings. The minimum absolute atomic E-state index is 0.0949. The fraction of sp³-hybridized carbons (Fsp3) is 0.118.